The average molecular weight is 285 g/mol. The van der Waals surface area contributed by atoms with Gasteiger partial charge in [0.15, 0.2) is 4.90 Å². The summed E-state index contributed by atoms with van der Waals surface area (Å²) in [5, 5.41) is 0. The van der Waals surface area contributed by atoms with Crippen molar-refractivity contribution in [3.05, 3.63) is 72.3 Å². The molecule has 1 unspecified atom stereocenters. The molecule has 2 aromatic carbocycles. The topological polar surface area (TPSA) is 32.3 Å². The Morgan fingerprint density at radius 1 is 1.10 bits per heavy atom. The van der Waals surface area contributed by atoms with Crippen LogP contribution in [0, 0.1) is 6.08 Å². The molecule has 0 aromatic heterocycles. The Hall–Kier alpha value is -1.71. The molecule has 1 radical (unpaired) electrons. The summed E-state index contributed by atoms with van der Waals surface area (Å²) in [6.45, 7) is 0. The summed E-state index contributed by atoms with van der Waals surface area (Å²) >= 11 is -1.01. The van der Waals surface area contributed by atoms with Gasteiger partial charge in [-0.05, 0) is 47.4 Å². The number of benzene rings is 2. The number of rotatable bonds is 6. The number of ether oxygens (including phenoxy) is 1. The molecule has 1 atom stereocenters. The van der Waals surface area contributed by atoms with E-state index in [0.29, 0.717) is 5.75 Å². The summed E-state index contributed by atoms with van der Waals surface area (Å²) in [7, 11) is 1.65. The van der Waals surface area contributed by atoms with Crippen LogP contribution in [0.25, 0.3) is 0 Å². The largest absolute Gasteiger partial charge is 0.611 e. The van der Waals surface area contributed by atoms with Gasteiger partial charge in [-0.1, -0.05) is 36.4 Å². The monoisotopic (exact) mass is 285 g/mol. The number of hydrogen-bond acceptors (Lipinski definition) is 2. The van der Waals surface area contributed by atoms with Gasteiger partial charge in [0.25, 0.3) is 0 Å². The van der Waals surface area contributed by atoms with Gasteiger partial charge in [-0.25, -0.2) is 0 Å². The SMILES string of the molecule is COc1ccc(C/C=[C]/C[S+]([O-])c2ccccc2)cc1. The highest BCUT2D eigenvalue weighted by atomic mass is 32.2. The maximum absolute atomic E-state index is 12.0. The molecule has 103 valence electrons. The van der Waals surface area contributed by atoms with Gasteiger partial charge in [-0.15, -0.1) is 0 Å². The van der Waals surface area contributed by atoms with Crippen molar-refractivity contribution < 1.29 is 9.29 Å². The van der Waals surface area contributed by atoms with Crippen LogP contribution in [0.3, 0.4) is 0 Å². The highest BCUT2D eigenvalue weighted by Gasteiger charge is 2.06. The van der Waals surface area contributed by atoms with Crippen molar-refractivity contribution in [3.8, 4) is 5.75 Å². The van der Waals surface area contributed by atoms with Gasteiger partial charge in [-0.3, -0.25) is 0 Å². The first-order valence-corrected chi connectivity index (χ1v) is 7.73. The Kier molecular flexibility index (Phi) is 5.71. The van der Waals surface area contributed by atoms with Crippen molar-refractivity contribution in [1.82, 2.24) is 0 Å². The van der Waals surface area contributed by atoms with E-state index in [2.05, 4.69) is 6.08 Å². The molecule has 2 rings (SSSR count). The van der Waals surface area contributed by atoms with Crippen LogP contribution in [0.5, 0.6) is 5.75 Å². The fraction of sp³-hybridized carbons (Fsp3) is 0.176. The Morgan fingerprint density at radius 3 is 2.45 bits per heavy atom. The minimum atomic E-state index is -1.01. The molecule has 0 saturated heterocycles. The van der Waals surface area contributed by atoms with Gasteiger partial charge in [-0.2, -0.15) is 0 Å². The molecule has 0 aliphatic rings. The summed E-state index contributed by atoms with van der Waals surface area (Å²) in [4.78, 5) is 0.845. The Labute approximate surface area is 123 Å². The maximum Gasteiger partial charge on any atom is 0.153 e. The van der Waals surface area contributed by atoms with E-state index in [9.17, 15) is 4.55 Å². The molecule has 0 saturated carbocycles. The smallest absolute Gasteiger partial charge is 0.153 e. The first kappa shape index (κ1) is 14.7. The Bertz CT molecular complexity index is 535. The lowest BCUT2D eigenvalue weighted by atomic mass is 10.1. The maximum atomic E-state index is 12.0. The zero-order chi connectivity index (χ0) is 14.2. The second kappa shape index (κ2) is 7.78. The third kappa shape index (κ3) is 4.44. The number of methoxy groups -OCH3 is 1. The quantitative estimate of drug-likeness (QED) is 0.762. The van der Waals surface area contributed by atoms with Crippen LogP contribution >= 0.6 is 0 Å². The van der Waals surface area contributed by atoms with Crippen LogP contribution in [-0.2, 0) is 17.6 Å². The molecule has 0 N–H and O–H groups in total. The van der Waals surface area contributed by atoms with Gasteiger partial charge in [0, 0.05) is 6.08 Å². The van der Waals surface area contributed by atoms with Crippen LogP contribution in [0.15, 0.2) is 65.6 Å². The van der Waals surface area contributed by atoms with Crippen LogP contribution in [0.4, 0.5) is 0 Å². The lowest BCUT2D eigenvalue weighted by Gasteiger charge is -2.06. The van der Waals surface area contributed by atoms with Crippen LogP contribution in [0.2, 0.25) is 0 Å². The zero-order valence-electron chi connectivity index (χ0n) is 11.4. The van der Waals surface area contributed by atoms with E-state index in [0.717, 1.165) is 17.1 Å². The molecule has 0 fully saturated rings. The lowest BCUT2D eigenvalue weighted by Crippen LogP contribution is -2.04. The fourth-order valence-electron chi connectivity index (χ4n) is 1.74. The molecule has 0 amide bonds. The van der Waals surface area contributed by atoms with E-state index in [1.807, 2.05) is 60.7 Å². The molecule has 0 spiro atoms. The predicted octanol–water partition coefficient (Wildman–Crippen LogP) is 3.40. The summed E-state index contributed by atoms with van der Waals surface area (Å²) in [6, 6.07) is 17.4. The third-order valence-electron chi connectivity index (χ3n) is 2.86. The minimum Gasteiger partial charge on any atom is -0.611 e. The van der Waals surface area contributed by atoms with E-state index < -0.39 is 11.2 Å². The third-order valence-corrected chi connectivity index (χ3v) is 4.09. The second-order valence-corrected chi connectivity index (χ2v) is 5.71. The summed E-state index contributed by atoms with van der Waals surface area (Å²) < 4.78 is 17.1. The summed E-state index contributed by atoms with van der Waals surface area (Å²) in [6.07, 6.45) is 5.83. The molecule has 0 heterocycles. The van der Waals surface area contributed by atoms with Crippen molar-refractivity contribution in [2.24, 2.45) is 0 Å². The predicted molar refractivity (Wildman–Crippen MR) is 82.2 cm³/mol. The fourth-order valence-corrected chi connectivity index (χ4v) is 2.64. The van der Waals surface area contributed by atoms with E-state index in [1.54, 1.807) is 7.11 Å². The van der Waals surface area contributed by atoms with Gasteiger partial charge in [0.2, 0.25) is 0 Å². The highest BCUT2D eigenvalue weighted by molar-refractivity contribution is 7.91. The summed E-state index contributed by atoms with van der Waals surface area (Å²) in [5.74, 6) is 1.28. The molecule has 3 heteroatoms. The van der Waals surface area contributed by atoms with Crippen molar-refractivity contribution in [1.29, 1.82) is 0 Å². The van der Waals surface area contributed by atoms with Crippen molar-refractivity contribution in [2.75, 3.05) is 12.9 Å². The van der Waals surface area contributed by atoms with Gasteiger partial charge < -0.3 is 9.29 Å². The van der Waals surface area contributed by atoms with Gasteiger partial charge in [0.05, 0.1) is 7.11 Å². The standard InChI is InChI=1S/C17H17O2S/c1-19-16-12-10-15(11-13-16)7-5-6-14-20(18)17-8-3-2-4-9-17/h2-5,8-13H,7,14H2,1H3. The van der Waals surface area contributed by atoms with Gasteiger partial charge in [0.1, 0.15) is 11.5 Å². The first-order chi connectivity index (χ1) is 9.79. The van der Waals surface area contributed by atoms with E-state index in [1.165, 1.54) is 5.56 Å². The molecule has 0 aliphatic carbocycles. The molecule has 0 bridgehead atoms. The average Bonchev–Trinajstić information content (AvgIpc) is 2.53. The Morgan fingerprint density at radius 2 is 1.80 bits per heavy atom. The van der Waals surface area contributed by atoms with Crippen LogP contribution < -0.4 is 4.74 Å². The zero-order valence-corrected chi connectivity index (χ0v) is 12.2. The number of hydrogen-bond donors (Lipinski definition) is 0. The molecule has 2 aromatic rings. The van der Waals surface area contributed by atoms with Crippen molar-refractivity contribution in [3.63, 3.8) is 0 Å². The second-order valence-electron chi connectivity index (χ2n) is 4.26. The molecular formula is C17H17O2S. The lowest BCUT2D eigenvalue weighted by molar-refractivity contribution is 0.414. The first-order valence-electron chi connectivity index (χ1n) is 6.41. The Balaban J connectivity index is 1.81. The number of allylic oxidation sites excluding steroid dienone is 1. The van der Waals surface area contributed by atoms with E-state index in [4.69, 9.17) is 4.74 Å². The van der Waals surface area contributed by atoms with E-state index >= 15 is 0 Å². The normalized spacial score (nSPS) is 12.5. The molecular weight excluding hydrogens is 268 g/mol. The molecule has 2 nitrogen and oxygen atoms in total. The van der Waals surface area contributed by atoms with Crippen molar-refractivity contribution in [2.45, 2.75) is 11.3 Å². The van der Waals surface area contributed by atoms with Crippen LogP contribution in [-0.4, -0.2) is 17.4 Å². The van der Waals surface area contributed by atoms with Gasteiger partial charge >= 0.3 is 0 Å². The van der Waals surface area contributed by atoms with E-state index in [-0.39, 0.29) is 0 Å². The highest BCUT2D eigenvalue weighted by Crippen LogP contribution is 2.12. The molecule has 0 aliphatic heterocycles. The summed E-state index contributed by atoms with van der Waals surface area (Å²) in [5.41, 5.74) is 1.18. The molecule has 20 heavy (non-hydrogen) atoms. The van der Waals surface area contributed by atoms with Crippen molar-refractivity contribution >= 4 is 11.2 Å². The van der Waals surface area contributed by atoms with Crippen LogP contribution in [0.1, 0.15) is 5.56 Å². The minimum absolute atomic E-state index is 0.431.